The summed E-state index contributed by atoms with van der Waals surface area (Å²) in [6.07, 6.45) is 0. The van der Waals surface area contributed by atoms with Gasteiger partial charge in [0.1, 0.15) is 5.75 Å². The van der Waals surface area contributed by atoms with Crippen molar-refractivity contribution in [1.82, 2.24) is 16.0 Å². The van der Waals surface area contributed by atoms with Crippen molar-refractivity contribution in [3.63, 3.8) is 0 Å². The summed E-state index contributed by atoms with van der Waals surface area (Å²) >= 11 is 3.57. The van der Waals surface area contributed by atoms with Crippen LogP contribution in [0.5, 0.6) is 5.75 Å². The van der Waals surface area contributed by atoms with E-state index < -0.39 is 0 Å². The molecule has 27 heavy (non-hydrogen) atoms. The van der Waals surface area contributed by atoms with Gasteiger partial charge in [-0.25, -0.2) is 0 Å². The Hall–Kier alpha value is -2.54. The fourth-order valence-electron chi connectivity index (χ4n) is 2.48. The van der Waals surface area contributed by atoms with E-state index in [-0.39, 0.29) is 17.7 Å². The molecule has 0 bridgehead atoms. The molecule has 2 aromatic carbocycles. The fourth-order valence-corrected chi connectivity index (χ4v) is 3.11. The summed E-state index contributed by atoms with van der Waals surface area (Å²) in [6, 6.07) is 14.3. The molecule has 1 atom stereocenters. The van der Waals surface area contributed by atoms with E-state index in [4.69, 9.17) is 0 Å². The largest absolute Gasteiger partial charge is 0.508 e. The van der Waals surface area contributed by atoms with Crippen LogP contribution in [0.4, 0.5) is 0 Å². The van der Waals surface area contributed by atoms with E-state index in [1.165, 1.54) is 12.1 Å². The number of carbonyl (C=O) groups is 1. The average molecular weight is 433 g/mol. The van der Waals surface area contributed by atoms with Crippen molar-refractivity contribution in [2.45, 2.75) is 19.9 Å². The lowest BCUT2D eigenvalue weighted by Gasteiger charge is -2.19. The molecular weight excluding hydrogens is 408 g/mol. The normalized spacial score (nSPS) is 12.3. The SMILES string of the molecule is CCNC(=NCCNC(=O)c1ccc(O)cc1)NC(C)c1ccccc1Br. The number of benzene rings is 2. The number of phenols is 1. The van der Waals surface area contributed by atoms with E-state index in [1.54, 1.807) is 12.1 Å². The number of halogens is 1. The molecule has 7 heteroatoms. The predicted octanol–water partition coefficient (Wildman–Crippen LogP) is 3.20. The van der Waals surface area contributed by atoms with Gasteiger partial charge in [-0.3, -0.25) is 9.79 Å². The van der Waals surface area contributed by atoms with Crippen LogP contribution in [0.25, 0.3) is 0 Å². The van der Waals surface area contributed by atoms with Gasteiger partial charge in [0.25, 0.3) is 5.91 Å². The number of amides is 1. The first kappa shape index (κ1) is 20.8. The van der Waals surface area contributed by atoms with Crippen molar-refractivity contribution in [2.75, 3.05) is 19.6 Å². The molecule has 2 rings (SSSR count). The molecular formula is C20H25BrN4O2. The number of nitrogens with zero attached hydrogens (tertiary/aromatic N) is 1. The van der Waals surface area contributed by atoms with Gasteiger partial charge in [-0.1, -0.05) is 34.1 Å². The summed E-state index contributed by atoms with van der Waals surface area (Å²) in [5, 5.41) is 18.7. The summed E-state index contributed by atoms with van der Waals surface area (Å²) in [4.78, 5) is 16.6. The molecule has 0 saturated heterocycles. The first-order valence-corrected chi connectivity index (χ1v) is 9.67. The summed E-state index contributed by atoms with van der Waals surface area (Å²) in [7, 11) is 0. The summed E-state index contributed by atoms with van der Waals surface area (Å²) in [5.41, 5.74) is 1.65. The van der Waals surface area contributed by atoms with E-state index in [9.17, 15) is 9.90 Å². The highest BCUT2D eigenvalue weighted by molar-refractivity contribution is 9.10. The second kappa shape index (κ2) is 10.6. The molecule has 0 aromatic heterocycles. The maximum Gasteiger partial charge on any atom is 0.251 e. The van der Waals surface area contributed by atoms with E-state index >= 15 is 0 Å². The zero-order valence-corrected chi connectivity index (χ0v) is 17.1. The molecule has 1 unspecified atom stereocenters. The Morgan fingerprint density at radius 1 is 1.15 bits per heavy atom. The lowest BCUT2D eigenvalue weighted by atomic mass is 10.1. The van der Waals surface area contributed by atoms with Crippen LogP contribution < -0.4 is 16.0 Å². The number of hydrogen-bond donors (Lipinski definition) is 4. The Labute approximate surface area is 168 Å². The smallest absolute Gasteiger partial charge is 0.251 e. The summed E-state index contributed by atoms with van der Waals surface area (Å²) in [6.45, 7) is 5.68. The monoisotopic (exact) mass is 432 g/mol. The molecule has 0 fully saturated rings. The van der Waals surface area contributed by atoms with Crippen LogP contribution in [0, 0.1) is 0 Å². The molecule has 0 aliphatic carbocycles. The number of carbonyl (C=O) groups excluding carboxylic acids is 1. The first-order valence-electron chi connectivity index (χ1n) is 8.87. The fraction of sp³-hybridized carbons (Fsp3) is 0.300. The van der Waals surface area contributed by atoms with E-state index in [2.05, 4.69) is 49.9 Å². The van der Waals surface area contributed by atoms with Gasteiger partial charge in [0.05, 0.1) is 12.6 Å². The zero-order chi connectivity index (χ0) is 19.6. The average Bonchev–Trinajstić information content (AvgIpc) is 2.66. The standard InChI is InChI=1S/C20H25BrN4O2/c1-3-22-20(25-14(2)17-6-4-5-7-18(17)21)24-13-12-23-19(27)15-8-10-16(26)11-9-15/h4-11,14,26H,3,12-13H2,1-2H3,(H,23,27)(H2,22,24,25). The second-order valence-electron chi connectivity index (χ2n) is 5.95. The van der Waals surface area contributed by atoms with Gasteiger partial charge in [-0.15, -0.1) is 0 Å². The molecule has 0 saturated carbocycles. The van der Waals surface area contributed by atoms with Crippen LogP contribution in [0.15, 0.2) is 58.0 Å². The minimum atomic E-state index is -0.190. The van der Waals surface area contributed by atoms with Crippen LogP contribution in [-0.4, -0.2) is 36.6 Å². The summed E-state index contributed by atoms with van der Waals surface area (Å²) < 4.78 is 1.04. The maximum atomic E-state index is 12.0. The van der Waals surface area contributed by atoms with Gasteiger partial charge >= 0.3 is 0 Å². The predicted molar refractivity (Wildman–Crippen MR) is 112 cm³/mol. The van der Waals surface area contributed by atoms with Gasteiger partial charge in [-0.2, -0.15) is 0 Å². The number of aliphatic imine (C=N–C) groups is 1. The van der Waals surface area contributed by atoms with Crippen molar-refractivity contribution in [1.29, 1.82) is 0 Å². The van der Waals surface area contributed by atoms with Crippen LogP contribution in [0.1, 0.15) is 35.8 Å². The third kappa shape index (κ3) is 6.60. The third-order valence-corrected chi connectivity index (χ3v) is 4.59. The number of rotatable bonds is 7. The molecule has 1 amide bonds. The minimum Gasteiger partial charge on any atom is -0.508 e. The highest BCUT2D eigenvalue weighted by atomic mass is 79.9. The lowest BCUT2D eigenvalue weighted by molar-refractivity contribution is 0.0955. The Bertz CT molecular complexity index is 778. The van der Waals surface area contributed by atoms with Gasteiger partial charge in [0.2, 0.25) is 0 Å². The van der Waals surface area contributed by atoms with Crippen molar-refractivity contribution in [3.8, 4) is 5.75 Å². The van der Waals surface area contributed by atoms with Crippen LogP contribution in [0.3, 0.4) is 0 Å². The quantitative estimate of drug-likeness (QED) is 0.307. The molecule has 0 aliphatic heterocycles. The Morgan fingerprint density at radius 2 is 1.85 bits per heavy atom. The molecule has 0 aliphatic rings. The van der Waals surface area contributed by atoms with Crippen LogP contribution >= 0.6 is 15.9 Å². The van der Waals surface area contributed by atoms with Gasteiger partial charge in [-0.05, 0) is 49.7 Å². The maximum absolute atomic E-state index is 12.0. The van der Waals surface area contributed by atoms with E-state index in [1.807, 2.05) is 25.1 Å². The zero-order valence-electron chi connectivity index (χ0n) is 15.5. The highest BCUT2D eigenvalue weighted by Crippen LogP contribution is 2.22. The van der Waals surface area contributed by atoms with E-state index in [0.717, 1.165) is 16.6 Å². The second-order valence-corrected chi connectivity index (χ2v) is 6.81. The van der Waals surface area contributed by atoms with Gasteiger partial charge in [0, 0.05) is 23.1 Å². The molecule has 0 heterocycles. The van der Waals surface area contributed by atoms with Crippen LogP contribution in [-0.2, 0) is 0 Å². The molecule has 2 aromatic rings. The number of aromatic hydroxyl groups is 1. The topological polar surface area (TPSA) is 85.8 Å². The molecule has 6 nitrogen and oxygen atoms in total. The molecule has 4 N–H and O–H groups in total. The highest BCUT2D eigenvalue weighted by Gasteiger charge is 2.10. The number of phenolic OH excluding ortho intramolecular Hbond substituents is 1. The Kier molecular flexibility index (Phi) is 8.13. The van der Waals surface area contributed by atoms with Crippen molar-refractivity contribution in [3.05, 3.63) is 64.1 Å². The number of guanidine groups is 1. The summed E-state index contributed by atoms with van der Waals surface area (Å²) in [5.74, 6) is 0.640. The molecule has 144 valence electrons. The van der Waals surface area contributed by atoms with Crippen LogP contribution in [0.2, 0.25) is 0 Å². The molecule has 0 spiro atoms. The van der Waals surface area contributed by atoms with Crippen molar-refractivity contribution >= 4 is 27.8 Å². The van der Waals surface area contributed by atoms with Crippen molar-refractivity contribution < 1.29 is 9.90 Å². The third-order valence-electron chi connectivity index (χ3n) is 3.87. The van der Waals surface area contributed by atoms with Crippen molar-refractivity contribution in [2.24, 2.45) is 4.99 Å². The lowest BCUT2D eigenvalue weighted by Crippen LogP contribution is -2.39. The minimum absolute atomic E-state index is 0.0740. The number of nitrogens with one attached hydrogen (secondary N) is 3. The Balaban J connectivity index is 1.88. The number of hydrogen-bond acceptors (Lipinski definition) is 3. The first-order chi connectivity index (χ1) is 13.0. The Morgan fingerprint density at radius 3 is 2.52 bits per heavy atom. The van der Waals surface area contributed by atoms with Gasteiger partial charge < -0.3 is 21.1 Å². The van der Waals surface area contributed by atoms with Gasteiger partial charge in [0.15, 0.2) is 5.96 Å². The van der Waals surface area contributed by atoms with E-state index in [0.29, 0.717) is 24.6 Å². The molecule has 0 radical (unpaired) electrons.